The molecule has 0 aliphatic carbocycles. The lowest BCUT2D eigenvalue weighted by atomic mass is 10.1. The molecule has 2 aromatic rings. The molecule has 7 nitrogen and oxygen atoms in total. The molecule has 1 heterocycles. The largest absolute Gasteiger partial charge is 0.497 e. The summed E-state index contributed by atoms with van der Waals surface area (Å²) in [5.41, 5.74) is 1.29. The van der Waals surface area contributed by atoms with Crippen LogP contribution in [0.1, 0.15) is 11.7 Å². The number of ether oxygens (including phenoxy) is 2. The molecule has 2 amide bonds. The smallest absolute Gasteiger partial charge is 0.313 e. The van der Waals surface area contributed by atoms with Gasteiger partial charge in [-0.3, -0.25) is 14.6 Å². The van der Waals surface area contributed by atoms with E-state index in [1.165, 1.54) is 13.3 Å². The monoisotopic (exact) mass is 329 g/mol. The molecule has 1 aromatic heterocycles. The van der Waals surface area contributed by atoms with Crippen molar-refractivity contribution in [3.05, 3.63) is 54.4 Å². The van der Waals surface area contributed by atoms with E-state index in [1.807, 2.05) is 24.3 Å². The van der Waals surface area contributed by atoms with E-state index in [1.54, 1.807) is 25.4 Å². The third-order valence-electron chi connectivity index (χ3n) is 3.32. The molecule has 7 heteroatoms. The molecule has 2 rings (SSSR count). The molecule has 1 unspecified atom stereocenters. The molecule has 2 N–H and O–H groups in total. The van der Waals surface area contributed by atoms with Crippen molar-refractivity contribution in [3.8, 4) is 5.75 Å². The van der Waals surface area contributed by atoms with Crippen LogP contribution in [0.4, 0.5) is 5.69 Å². The maximum atomic E-state index is 11.9. The third-order valence-corrected chi connectivity index (χ3v) is 3.32. The summed E-state index contributed by atoms with van der Waals surface area (Å²) >= 11 is 0. The van der Waals surface area contributed by atoms with Gasteiger partial charge in [0.05, 0.1) is 25.1 Å². The second-order valence-electron chi connectivity index (χ2n) is 4.91. The Labute approximate surface area is 140 Å². The summed E-state index contributed by atoms with van der Waals surface area (Å²) in [6.07, 6.45) is 2.64. The van der Waals surface area contributed by atoms with Crippen LogP contribution in [0.15, 0.2) is 48.8 Å². The van der Waals surface area contributed by atoms with Crippen molar-refractivity contribution in [3.63, 3.8) is 0 Å². The quantitative estimate of drug-likeness (QED) is 0.785. The lowest BCUT2D eigenvalue weighted by molar-refractivity contribution is -0.136. The Kier molecular flexibility index (Phi) is 6.27. The van der Waals surface area contributed by atoms with E-state index in [4.69, 9.17) is 9.47 Å². The normalized spacial score (nSPS) is 11.4. The van der Waals surface area contributed by atoms with E-state index in [0.29, 0.717) is 11.4 Å². The summed E-state index contributed by atoms with van der Waals surface area (Å²) in [5.74, 6) is -0.817. The summed E-state index contributed by atoms with van der Waals surface area (Å²) in [6, 6.07) is 10.6. The van der Waals surface area contributed by atoms with Gasteiger partial charge in [-0.1, -0.05) is 12.1 Å². The molecular weight excluding hydrogens is 310 g/mol. The van der Waals surface area contributed by atoms with Crippen LogP contribution in [0.25, 0.3) is 0 Å². The first kappa shape index (κ1) is 17.4. The minimum Gasteiger partial charge on any atom is -0.497 e. The zero-order chi connectivity index (χ0) is 17.4. The fourth-order valence-electron chi connectivity index (χ4n) is 2.07. The van der Waals surface area contributed by atoms with Gasteiger partial charge in [-0.05, 0) is 29.8 Å². The molecule has 0 spiro atoms. The van der Waals surface area contributed by atoms with Crippen molar-refractivity contribution in [2.24, 2.45) is 0 Å². The number of methoxy groups -OCH3 is 2. The van der Waals surface area contributed by atoms with Crippen LogP contribution in [-0.2, 0) is 14.3 Å². The molecular formula is C17H19N3O4. The number of amides is 2. The highest BCUT2D eigenvalue weighted by molar-refractivity contribution is 6.39. The molecule has 0 radical (unpaired) electrons. The van der Waals surface area contributed by atoms with Crippen LogP contribution in [0, 0.1) is 0 Å². The average molecular weight is 329 g/mol. The van der Waals surface area contributed by atoms with Crippen LogP contribution >= 0.6 is 0 Å². The average Bonchev–Trinajstić information content (AvgIpc) is 2.63. The Morgan fingerprint density at radius 3 is 2.67 bits per heavy atom. The molecule has 24 heavy (non-hydrogen) atoms. The zero-order valence-corrected chi connectivity index (χ0v) is 13.5. The number of hydrogen-bond donors (Lipinski definition) is 2. The Bertz CT molecular complexity index is 691. The van der Waals surface area contributed by atoms with E-state index in [-0.39, 0.29) is 6.54 Å². The summed E-state index contributed by atoms with van der Waals surface area (Å²) in [7, 11) is 3.11. The van der Waals surface area contributed by atoms with Crippen LogP contribution in [-0.4, -0.2) is 37.6 Å². The van der Waals surface area contributed by atoms with E-state index in [2.05, 4.69) is 15.6 Å². The van der Waals surface area contributed by atoms with Crippen molar-refractivity contribution >= 4 is 17.5 Å². The van der Waals surface area contributed by atoms with Crippen LogP contribution < -0.4 is 15.4 Å². The third kappa shape index (κ3) is 4.79. The Morgan fingerprint density at radius 1 is 1.17 bits per heavy atom. The zero-order valence-electron chi connectivity index (χ0n) is 13.5. The number of carbonyl (C=O) groups is 2. The number of aromatic nitrogens is 1. The number of nitrogens with one attached hydrogen (secondary N) is 2. The van der Waals surface area contributed by atoms with Gasteiger partial charge in [-0.2, -0.15) is 0 Å². The van der Waals surface area contributed by atoms with Gasteiger partial charge in [0.1, 0.15) is 5.75 Å². The number of rotatable bonds is 6. The predicted octanol–water partition coefficient (Wildman–Crippen LogP) is 1.53. The topological polar surface area (TPSA) is 89.5 Å². The van der Waals surface area contributed by atoms with Gasteiger partial charge in [0.25, 0.3) is 0 Å². The number of hydrogen-bond acceptors (Lipinski definition) is 5. The maximum absolute atomic E-state index is 11.9. The number of pyridine rings is 1. The first-order chi connectivity index (χ1) is 11.6. The van der Waals surface area contributed by atoms with E-state index < -0.39 is 17.9 Å². The second kappa shape index (κ2) is 8.64. The highest BCUT2D eigenvalue weighted by Crippen LogP contribution is 2.20. The molecule has 126 valence electrons. The van der Waals surface area contributed by atoms with Crippen LogP contribution in [0.3, 0.4) is 0 Å². The fraction of sp³-hybridized carbons (Fsp3) is 0.235. The molecule has 0 bridgehead atoms. The van der Waals surface area contributed by atoms with Gasteiger partial charge in [-0.25, -0.2) is 0 Å². The van der Waals surface area contributed by atoms with Crippen molar-refractivity contribution in [2.75, 3.05) is 26.1 Å². The molecule has 0 aliphatic heterocycles. The highest BCUT2D eigenvalue weighted by atomic mass is 16.5. The minimum atomic E-state index is -0.761. The Morgan fingerprint density at radius 2 is 2.00 bits per heavy atom. The van der Waals surface area contributed by atoms with Gasteiger partial charge < -0.3 is 20.1 Å². The summed E-state index contributed by atoms with van der Waals surface area (Å²) in [6.45, 7) is 0.156. The SMILES string of the molecule is COc1cccc(C(CNC(=O)C(=O)Nc2cccnc2)OC)c1. The van der Waals surface area contributed by atoms with Gasteiger partial charge in [-0.15, -0.1) is 0 Å². The van der Waals surface area contributed by atoms with Gasteiger partial charge in [0.2, 0.25) is 0 Å². The Balaban J connectivity index is 1.92. The predicted molar refractivity (Wildman–Crippen MR) is 88.6 cm³/mol. The van der Waals surface area contributed by atoms with Crippen LogP contribution in [0.5, 0.6) is 5.75 Å². The summed E-state index contributed by atoms with van der Waals surface area (Å²) in [4.78, 5) is 27.6. The van der Waals surface area contributed by atoms with E-state index >= 15 is 0 Å². The molecule has 0 saturated carbocycles. The van der Waals surface area contributed by atoms with E-state index in [9.17, 15) is 9.59 Å². The van der Waals surface area contributed by atoms with Crippen molar-refractivity contribution in [1.29, 1.82) is 0 Å². The number of anilines is 1. The lowest BCUT2D eigenvalue weighted by Gasteiger charge is -2.17. The summed E-state index contributed by atoms with van der Waals surface area (Å²) < 4.78 is 10.5. The Hall–Kier alpha value is -2.93. The van der Waals surface area contributed by atoms with Gasteiger partial charge in [0.15, 0.2) is 0 Å². The molecule has 0 saturated heterocycles. The molecule has 0 aliphatic rings. The van der Waals surface area contributed by atoms with E-state index in [0.717, 1.165) is 5.56 Å². The minimum absolute atomic E-state index is 0.156. The van der Waals surface area contributed by atoms with Crippen molar-refractivity contribution in [1.82, 2.24) is 10.3 Å². The number of nitrogens with zero attached hydrogens (tertiary/aromatic N) is 1. The first-order valence-electron chi connectivity index (χ1n) is 7.30. The molecule has 0 fully saturated rings. The van der Waals surface area contributed by atoms with Crippen LogP contribution in [0.2, 0.25) is 0 Å². The van der Waals surface area contributed by atoms with Gasteiger partial charge in [0, 0.05) is 19.9 Å². The van der Waals surface area contributed by atoms with Crippen molar-refractivity contribution in [2.45, 2.75) is 6.10 Å². The lowest BCUT2D eigenvalue weighted by Crippen LogP contribution is -2.38. The highest BCUT2D eigenvalue weighted by Gasteiger charge is 2.17. The molecule has 1 aromatic carbocycles. The fourth-order valence-corrected chi connectivity index (χ4v) is 2.07. The van der Waals surface area contributed by atoms with Crippen molar-refractivity contribution < 1.29 is 19.1 Å². The maximum Gasteiger partial charge on any atom is 0.313 e. The number of benzene rings is 1. The first-order valence-corrected chi connectivity index (χ1v) is 7.30. The number of carbonyl (C=O) groups excluding carboxylic acids is 2. The standard InChI is InChI=1S/C17H19N3O4/c1-23-14-7-3-5-12(9-14)15(24-2)11-19-16(21)17(22)20-13-6-4-8-18-10-13/h3-10,15H,11H2,1-2H3,(H,19,21)(H,20,22). The van der Waals surface area contributed by atoms with Gasteiger partial charge >= 0.3 is 11.8 Å². The summed E-state index contributed by atoms with van der Waals surface area (Å²) in [5, 5.41) is 5.02. The second-order valence-corrected chi connectivity index (χ2v) is 4.91. The molecule has 1 atom stereocenters.